The lowest BCUT2D eigenvalue weighted by Gasteiger charge is -2.39. The summed E-state index contributed by atoms with van der Waals surface area (Å²) in [5.41, 5.74) is 9.41. The summed E-state index contributed by atoms with van der Waals surface area (Å²) in [6.45, 7) is 0.974. The maximum Gasteiger partial charge on any atom is 0.252 e. The van der Waals surface area contributed by atoms with Crippen molar-refractivity contribution in [2.45, 2.75) is 43.3 Å². The number of carbonyl (C=O) groups excluding carboxylic acids is 1. The van der Waals surface area contributed by atoms with Gasteiger partial charge in [0.15, 0.2) is 0 Å². The van der Waals surface area contributed by atoms with Gasteiger partial charge in [0.05, 0.1) is 24.3 Å². The van der Waals surface area contributed by atoms with E-state index in [1.807, 2.05) is 18.4 Å². The van der Waals surface area contributed by atoms with E-state index in [0.717, 1.165) is 25.1 Å². The number of benzene rings is 1. The molecule has 3 N–H and O–H groups in total. The van der Waals surface area contributed by atoms with Crippen LogP contribution in [0, 0.1) is 5.92 Å². The summed E-state index contributed by atoms with van der Waals surface area (Å²) in [6, 6.07) is 8.84. The molecule has 2 aliphatic carbocycles. The Kier molecular flexibility index (Phi) is 6.04. The Hall–Kier alpha value is -2.96. The minimum atomic E-state index is -0.162. The largest absolute Gasteiger partial charge is 0.383 e. The molecule has 0 saturated heterocycles. The van der Waals surface area contributed by atoms with Gasteiger partial charge in [0.1, 0.15) is 5.84 Å². The van der Waals surface area contributed by atoms with E-state index in [2.05, 4.69) is 58.8 Å². The number of aliphatic imine (C=N–C) groups is 1. The van der Waals surface area contributed by atoms with Crippen LogP contribution in [0.3, 0.4) is 0 Å². The first kappa shape index (κ1) is 21.9. The molecule has 1 fully saturated rings. The molecule has 3 unspecified atom stereocenters. The number of nitrogens with two attached hydrogens (primary N) is 1. The molecule has 2 heterocycles. The van der Waals surface area contributed by atoms with Crippen molar-refractivity contribution in [1.29, 1.82) is 0 Å². The third-order valence-electron chi connectivity index (χ3n) is 7.25. The van der Waals surface area contributed by atoms with Gasteiger partial charge in [0.2, 0.25) is 0 Å². The highest BCUT2D eigenvalue weighted by Crippen LogP contribution is 2.42. The Morgan fingerprint density at radius 3 is 2.73 bits per heavy atom. The molecule has 4 aliphatic rings. The van der Waals surface area contributed by atoms with E-state index in [1.165, 1.54) is 17.5 Å². The summed E-state index contributed by atoms with van der Waals surface area (Å²) in [6.07, 6.45) is 18.7. The van der Waals surface area contributed by atoms with E-state index < -0.39 is 0 Å². The molecule has 6 heteroatoms. The zero-order valence-electron chi connectivity index (χ0n) is 19.1. The molecule has 1 aromatic rings. The van der Waals surface area contributed by atoms with Gasteiger partial charge in [-0.1, -0.05) is 48.6 Å². The molecule has 6 nitrogen and oxygen atoms in total. The zero-order chi connectivity index (χ0) is 22.8. The molecule has 0 aromatic heterocycles. The first-order chi connectivity index (χ1) is 16.1. The topological polar surface area (TPSA) is 80.0 Å². The van der Waals surface area contributed by atoms with Crippen molar-refractivity contribution in [3.05, 3.63) is 83.6 Å². The molecule has 172 valence electrons. The van der Waals surface area contributed by atoms with Crippen molar-refractivity contribution in [1.82, 2.24) is 10.2 Å². The molecule has 1 amide bonds. The van der Waals surface area contributed by atoms with Crippen LogP contribution in [0.4, 0.5) is 0 Å². The number of amides is 1. The number of ether oxygens (including phenoxy) is 1. The second kappa shape index (κ2) is 9.12. The van der Waals surface area contributed by atoms with Crippen molar-refractivity contribution >= 4 is 11.7 Å². The molecule has 5 rings (SSSR count). The van der Waals surface area contributed by atoms with Crippen LogP contribution in [-0.4, -0.2) is 42.9 Å². The van der Waals surface area contributed by atoms with Gasteiger partial charge in [0, 0.05) is 31.3 Å². The highest BCUT2D eigenvalue weighted by atomic mass is 16.5. The molecular weight excluding hydrogens is 412 g/mol. The first-order valence-electron chi connectivity index (χ1n) is 11.8. The first-order valence-corrected chi connectivity index (χ1v) is 11.8. The number of hydrogen-bond donors (Lipinski definition) is 2. The van der Waals surface area contributed by atoms with E-state index in [0.29, 0.717) is 24.6 Å². The predicted octanol–water partition coefficient (Wildman–Crippen LogP) is 3.50. The third kappa shape index (κ3) is 4.21. The fraction of sp³-hybridized carbons (Fsp3) is 0.407. The molecule has 0 radical (unpaired) electrons. The number of amidine groups is 1. The predicted molar refractivity (Wildman–Crippen MR) is 130 cm³/mol. The number of hydrogen-bond acceptors (Lipinski definition) is 5. The summed E-state index contributed by atoms with van der Waals surface area (Å²) in [4.78, 5) is 20.0. The van der Waals surface area contributed by atoms with Crippen molar-refractivity contribution < 1.29 is 9.53 Å². The smallest absolute Gasteiger partial charge is 0.252 e. The van der Waals surface area contributed by atoms with Crippen LogP contribution < -0.4 is 11.1 Å². The highest BCUT2D eigenvalue weighted by molar-refractivity contribution is 6.04. The summed E-state index contributed by atoms with van der Waals surface area (Å²) in [7, 11) is 1.63. The number of rotatable bonds is 7. The van der Waals surface area contributed by atoms with Crippen LogP contribution in [0.1, 0.15) is 42.9 Å². The zero-order valence-corrected chi connectivity index (χ0v) is 19.1. The van der Waals surface area contributed by atoms with Gasteiger partial charge >= 0.3 is 0 Å². The molecule has 0 spiro atoms. The molecular formula is C27H32N4O2. The van der Waals surface area contributed by atoms with Gasteiger partial charge < -0.3 is 20.7 Å². The van der Waals surface area contributed by atoms with Crippen molar-refractivity contribution in [3.63, 3.8) is 0 Å². The van der Waals surface area contributed by atoms with Crippen LogP contribution in [0.2, 0.25) is 0 Å². The van der Waals surface area contributed by atoms with Crippen LogP contribution in [0.25, 0.3) is 0 Å². The standard InChI is InChI=1S/C27H32N4O2/c1-33-17-16-29-26(32)21-10-13-23-30-24(25(31(23)18-21)20-6-3-2-4-7-20)19-8-11-22(12-9-19)27(28)14-5-15-27/h2-4,6,8-13,18,20,24-25H,5,7,14-17,28H2,1H3,(H,29,32). The summed E-state index contributed by atoms with van der Waals surface area (Å²) in [5, 5.41) is 2.91. The SMILES string of the molecule is COCCNC(=O)C1=CN2C(=NC(c3ccc(C4(N)CCC4)cc3)C2C2C=CC=CC2)C=C1. The molecule has 3 atom stereocenters. The number of methoxy groups -OCH3 is 1. The molecule has 2 aliphatic heterocycles. The van der Waals surface area contributed by atoms with E-state index in [-0.39, 0.29) is 23.5 Å². The molecule has 33 heavy (non-hydrogen) atoms. The lowest BCUT2D eigenvalue weighted by Crippen LogP contribution is -2.43. The average Bonchev–Trinajstić information content (AvgIpc) is 3.22. The van der Waals surface area contributed by atoms with Gasteiger partial charge in [-0.25, -0.2) is 0 Å². The van der Waals surface area contributed by atoms with Crippen LogP contribution in [0.5, 0.6) is 0 Å². The Balaban J connectivity index is 1.42. The number of fused-ring (bicyclic) bond motifs is 1. The van der Waals surface area contributed by atoms with Crippen LogP contribution in [0.15, 0.2) is 77.5 Å². The van der Waals surface area contributed by atoms with E-state index in [4.69, 9.17) is 15.5 Å². The number of allylic oxidation sites excluding steroid dienone is 3. The Bertz CT molecular complexity index is 1050. The van der Waals surface area contributed by atoms with Gasteiger partial charge in [0.25, 0.3) is 5.91 Å². The summed E-state index contributed by atoms with van der Waals surface area (Å²) in [5.74, 6) is 1.11. The minimum absolute atomic E-state index is 0.0119. The van der Waals surface area contributed by atoms with Gasteiger partial charge in [-0.05, 0) is 49.0 Å². The second-order valence-electron chi connectivity index (χ2n) is 9.34. The van der Waals surface area contributed by atoms with E-state index >= 15 is 0 Å². The van der Waals surface area contributed by atoms with Crippen LogP contribution in [-0.2, 0) is 15.1 Å². The fourth-order valence-electron chi connectivity index (χ4n) is 5.16. The van der Waals surface area contributed by atoms with Crippen molar-refractivity contribution in [2.75, 3.05) is 20.3 Å². The van der Waals surface area contributed by atoms with E-state index in [1.54, 1.807) is 7.11 Å². The summed E-state index contributed by atoms with van der Waals surface area (Å²) < 4.78 is 5.04. The van der Waals surface area contributed by atoms with Crippen LogP contribution >= 0.6 is 0 Å². The average molecular weight is 445 g/mol. The van der Waals surface area contributed by atoms with Gasteiger partial charge in [-0.15, -0.1) is 0 Å². The van der Waals surface area contributed by atoms with Gasteiger partial charge in [-0.3, -0.25) is 9.79 Å². The van der Waals surface area contributed by atoms with E-state index in [9.17, 15) is 4.79 Å². The highest BCUT2D eigenvalue weighted by Gasteiger charge is 2.41. The molecule has 0 bridgehead atoms. The Morgan fingerprint density at radius 1 is 1.24 bits per heavy atom. The van der Waals surface area contributed by atoms with Crippen molar-refractivity contribution in [3.8, 4) is 0 Å². The number of nitrogens with one attached hydrogen (secondary N) is 1. The second-order valence-corrected chi connectivity index (χ2v) is 9.34. The monoisotopic (exact) mass is 444 g/mol. The third-order valence-corrected chi connectivity index (χ3v) is 7.25. The minimum Gasteiger partial charge on any atom is -0.383 e. The Morgan fingerprint density at radius 2 is 2.06 bits per heavy atom. The van der Waals surface area contributed by atoms with Gasteiger partial charge in [-0.2, -0.15) is 0 Å². The van der Waals surface area contributed by atoms with Crippen molar-refractivity contribution in [2.24, 2.45) is 16.6 Å². The number of nitrogens with zero attached hydrogens (tertiary/aromatic N) is 2. The quantitative estimate of drug-likeness (QED) is 0.631. The lowest BCUT2D eigenvalue weighted by atomic mass is 9.72. The summed E-state index contributed by atoms with van der Waals surface area (Å²) >= 11 is 0. The maximum absolute atomic E-state index is 12.7. The number of carbonyl (C=O) groups is 1. The fourth-order valence-corrected chi connectivity index (χ4v) is 5.16. The molecule has 1 saturated carbocycles. The maximum atomic E-state index is 12.7. The Labute approximate surface area is 195 Å². The molecule has 1 aromatic carbocycles. The normalized spacial score (nSPS) is 27.0. The lowest BCUT2D eigenvalue weighted by molar-refractivity contribution is -0.117.